The molecule has 0 aliphatic carbocycles. The first-order valence-electron chi connectivity index (χ1n) is 7.39. The van der Waals surface area contributed by atoms with E-state index in [9.17, 15) is 4.79 Å². The molecule has 1 aliphatic rings. The van der Waals surface area contributed by atoms with Gasteiger partial charge in [0.05, 0.1) is 6.61 Å². The number of carbonyl (C=O) groups is 1. The highest BCUT2D eigenvalue weighted by Gasteiger charge is 2.70. The summed E-state index contributed by atoms with van der Waals surface area (Å²) < 4.78 is 5.16. The molecule has 0 aromatic rings. The van der Waals surface area contributed by atoms with Gasteiger partial charge in [-0.15, -0.1) is 0 Å². The number of hydrogen-bond acceptors (Lipinski definition) is 4. The number of hydrogen-bond donors (Lipinski definition) is 0. The Morgan fingerprint density at radius 2 is 1.35 bits per heavy atom. The maximum Gasteiger partial charge on any atom is 0.373 e. The average molecular weight is 286 g/mol. The Morgan fingerprint density at radius 1 is 0.950 bits per heavy atom. The summed E-state index contributed by atoms with van der Waals surface area (Å²) in [6.07, 6.45) is 1.63. The lowest BCUT2D eigenvalue weighted by Gasteiger charge is -2.40. The van der Waals surface area contributed by atoms with E-state index in [2.05, 4.69) is 48.5 Å². The summed E-state index contributed by atoms with van der Waals surface area (Å²) >= 11 is 0. The van der Waals surface area contributed by atoms with Gasteiger partial charge in [-0.1, -0.05) is 48.5 Å². The predicted molar refractivity (Wildman–Crippen MR) is 77.8 cm³/mol. The standard InChI is InChI=1S/C16H30O4/c1-9-18-12(17)16(19-20-16)15(8,10-13(2,3)4)11-14(5,6)7/h9-11H2,1-8H3. The molecule has 1 fully saturated rings. The molecule has 1 saturated heterocycles. The molecule has 1 heterocycles. The lowest BCUT2D eigenvalue weighted by molar-refractivity contribution is -0.159. The van der Waals surface area contributed by atoms with Crippen molar-refractivity contribution in [2.75, 3.05) is 6.61 Å². The van der Waals surface area contributed by atoms with Gasteiger partial charge in [-0.25, -0.2) is 4.79 Å². The fraction of sp³-hybridized carbons (Fsp3) is 0.938. The SMILES string of the molecule is CCOC(=O)C1(C(C)(CC(C)(C)C)CC(C)(C)C)OO1. The molecule has 0 aromatic heterocycles. The van der Waals surface area contributed by atoms with Crippen molar-refractivity contribution in [1.29, 1.82) is 0 Å². The van der Waals surface area contributed by atoms with Crippen LogP contribution in [-0.4, -0.2) is 18.4 Å². The molecule has 0 radical (unpaired) electrons. The van der Waals surface area contributed by atoms with E-state index in [-0.39, 0.29) is 10.8 Å². The van der Waals surface area contributed by atoms with Crippen LogP contribution in [0, 0.1) is 16.2 Å². The van der Waals surface area contributed by atoms with E-state index in [4.69, 9.17) is 14.5 Å². The van der Waals surface area contributed by atoms with E-state index >= 15 is 0 Å². The molecule has 118 valence electrons. The normalized spacial score (nSPS) is 18.8. The second-order valence-electron chi connectivity index (χ2n) is 8.54. The Kier molecular flexibility index (Phi) is 4.62. The molecule has 0 spiro atoms. The van der Waals surface area contributed by atoms with Gasteiger partial charge in [0.15, 0.2) is 0 Å². The first kappa shape index (κ1) is 17.4. The van der Waals surface area contributed by atoms with Gasteiger partial charge in [-0.3, -0.25) is 0 Å². The van der Waals surface area contributed by atoms with Crippen molar-refractivity contribution >= 4 is 5.97 Å². The summed E-state index contributed by atoms with van der Waals surface area (Å²) in [4.78, 5) is 22.7. The molecule has 4 heteroatoms. The molecule has 4 nitrogen and oxygen atoms in total. The number of carbonyl (C=O) groups excluding carboxylic acids is 1. The Morgan fingerprint density at radius 3 is 1.60 bits per heavy atom. The first-order valence-corrected chi connectivity index (χ1v) is 7.39. The van der Waals surface area contributed by atoms with Gasteiger partial charge in [0, 0.05) is 5.41 Å². The van der Waals surface area contributed by atoms with Gasteiger partial charge in [-0.05, 0) is 30.6 Å². The topological polar surface area (TPSA) is 51.4 Å². The van der Waals surface area contributed by atoms with E-state index < -0.39 is 17.2 Å². The highest BCUT2D eigenvalue weighted by molar-refractivity contribution is 5.80. The molecule has 0 unspecified atom stereocenters. The van der Waals surface area contributed by atoms with Crippen LogP contribution in [0.3, 0.4) is 0 Å². The molecular formula is C16H30O4. The van der Waals surface area contributed by atoms with Crippen LogP contribution < -0.4 is 0 Å². The van der Waals surface area contributed by atoms with Crippen LogP contribution in [0.25, 0.3) is 0 Å². The van der Waals surface area contributed by atoms with Crippen LogP contribution in [0.5, 0.6) is 0 Å². The Balaban J connectivity index is 3.08. The van der Waals surface area contributed by atoms with E-state index in [0.717, 1.165) is 12.8 Å². The van der Waals surface area contributed by atoms with Crippen LogP contribution in [-0.2, 0) is 19.3 Å². The van der Waals surface area contributed by atoms with E-state index in [1.54, 1.807) is 6.92 Å². The quantitative estimate of drug-likeness (QED) is 0.434. The molecule has 0 aromatic carbocycles. The van der Waals surface area contributed by atoms with Gasteiger partial charge in [0.1, 0.15) is 0 Å². The second kappa shape index (κ2) is 5.30. The minimum Gasteiger partial charge on any atom is -0.462 e. The zero-order chi connectivity index (χ0) is 15.8. The fourth-order valence-corrected chi connectivity index (χ4v) is 3.42. The second-order valence-corrected chi connectivity index (χ2v) is 8.54. The van der Waals surface area contributed by atoms with Crippen molar-refractivity contribution in [3.05, 3.63) is 0 Å². The van der Waals surface area contributed by atoms with Gasteiger partial charge >= 0.3 is 11.8 Å². The van der Waals surface area contributed by atoms with Crippen LogP contribution in [0.4, 0.5) is 0 Å². The maximum atomic E-state index is 12.3. The summed E-state index contributed by atoms with van der Waals surface area (Å²) in [6, 6.07) is 0. The highest BCUT2D eigenvalue weighted by atomic mass is 17.4. The maximum absolute atomic E-state index is 12.3. The number of ether oxygens (including phenoxy) is 1. The molecule has 20 heavy (non-hydrogen) atoms. The van der Waals surface area contributed by atoms with Crippen molar-refractivity contribution in [2.24, 2.45) is 16.2 Å². The van der Waals surface area contributed by atoms with Crippen molar-refractivity contribution in [1.82, 2.24) is 0 Å². The average Bonchev–Trinajstić information content (AvgIpc) is 2.91. The molecule has 0 bridgehead atoms. The highest BCUT2D eigenvalue weighted by Crippen LogP contribution is 2.57. The molecule has 0 saturated carbocycles. The van der Waals surface area contributed by atoms with Crippen LogP contribution >= 0.6 is 0 Å². The third-order valence-electron chi connectivity index (χ3n) is 3.43. The predicted octanol–water partition coefficient (Wildman–Crippen LogP) is 4.09. The molecule has 1 aliphatic heterocycles. The lowest BCUT2D eigenvalue weighted by atomic mass is 9.63. The van der Waals surface area contributed by atoms with Gasteiger partial charge in [0.25, 0.3) is 0 Å². The van der Waals surface area contributed by atoms with E-state index in [0.29, 0.717) is 6.61 Å². The summed E-state index contributed by atoms with van der Waals surface area (Å²) in [5, 5.41) is 0. The molecular weight excluding hydrogens is 256 g/mol. The molecule has 0 atom stereocenters. The van der Waals surface area contributed by atoms with E-state index in [1.165, 1.54) is 0 Å². The summed E-state index contributed by atoms with van der Waals surface area (Å²) in [5.41, 5.74) is -0.292. The van der Waals surface area contributed by atoms with Gasteiger partial charge in [-0.2, -0.15) is 9.78 Å². The summed E-state index contributed by atoms with van der Waals surface area (Å²) in [7, 11) is 0. The first-order chi connectivity index (χ1) is 8.85. The van der Waals surface area contributed by atoms with Crippen molar-refractivity contribution < 1.29 is 19.3 Å². The Labute approximate surface area is 123 Å². The van der Waals surface area contributed by atoms with E-state index in [1.807, 2.05) is 0 Å². The van der Waals surface area contributed by atoms with Crippen LogP contribution in [0.1, 0.15) is 68.2 Å². The molecule has 1 rings (SSSR count). The number of esters is 1. The van der Waals surface area contributed by atoms with Crippen LogP contribution in [0.15, 0.2) is 0 Å². The number of rotatable bonds is 5. The molecule has 0 amide bonds. The monoisotopic (exact) mass is 286 g/mol. The largest absolute Gasteiger partial charge is 0.462 e. The minimum absolute atomic E-state index is 0.0643. The van der Waals surface area contributed by atoms with Crippen molar-refractivity contribution in [3.8, 4) is 0 Å². The Bertz CT molecular complexity index is 340. The van der Waals surface area contributed by atoms with Gasteiger partial charge in [0.2, 0.25) is 0 Å². The third-order valence-corrected chi connectivity index (χ3v) is 3.43. The summed E-state index contributed by atoms with van der Waals surface area (Å²) in [6.45, 7) is 17.2. The molecule has 0 N–H and O–H groups in total. The summed E-state index contributed by atoms with van der Waals surface area (Å²) in [5.74, 6) is -1.64. The fourth-order valence-electron chi connectivity index (χ4n) is 3.42. The minimum atomic E-state index is -1.23. The zero-order valence-electron chi connectivity index (χ0n) is 14.3. The third kappa shape index (κ3) is 3.95. The van der Waals surface area contributed by atoms with Gasteiger partial charge < -0.3 is 4.74 Å². The Hall–Kier alpha value is -0.610. The zero-order valence-corrected chi connectivity index (χ0v) is 14.3. The van der Waals surface area contributed by atoms with Crippen molar-refractivity contribution in [3.63, 3.8) is 0 Å². The smallest absolute Gasteiger partial charge is 0.373 e. The van der Waals surface area contributed by atoms with Crippen molar-refractivity contribution in [2.45, 2.75) is 74.0 Å². The lowest BCUT2D eigenvalue weighted by Crippen LogP contribution is -2.47. The van der Waals surface area contributed by atoms with Crippen LogP contribution in [0.2, 0.25) is 0 Å².